The number of ether oxygens (including phenoxy) is 3. The van der Waals surface area contributed by atoms with Gasteiger partial charge in [0.1, 0.15) is 11.5 Å². The minimum atomic E-state index is -0.0679. The number of amides is 1. The first-order valence-electron chi connectivity index (χ1n) is 9.33. The zero-order chi connectivity index (χ0) is 18.9. The van der Waals surface area contributed by atoms with Crippen LogP contribution in [-0.4, -0.2) is 45.4 Å². The highest BCUT2D eigenvalue weighted by Gasteiger charge is 2.15. The molecule has 1 fully saturated rings. The molecule has 3 rings (SSSR count). The third kappa shape index (κ3) is 5.62. The van der Waals surface area contributed by atoms with E-state index in [0.717, 1.165) is 36.0 Å². The van der Waals surface area contributed by atoms with Crippen LogP contribution >= 0.6 is 0 Å². The monoisotopic (exact) mass is 370 g/mol. The average molecular weight is 370 g/mol. The maximum atomic E-state index is 12.3. The topological polar surface area (TPSA) is 60.0 Å². The van der Waals surface area contributed by atoms with E-state index in [0.29, 0.717) is 26.4 Å². The van der Waals surface area contributed by atoms with Crippen LogP contribution < -0.4 is 19.7 Å². The van der Waals surface area contributed by atoms with Gasteiger partial charge in [0.15, 0.2) is 0 Å². The number of hydrogen-bond acceptors (Lipinski definition) is 5. The van der Waals surface area contributed by atoms with Gasteiger partial charge >= 0.3 is 0 Å². The molecule has 1 heterocycles. The Hall–Kier alpha value is -2.73. The van der Waals surface area contributed by atoms with Crippen molar-refractivity contribution in [2.24, 2.45) is 0 Å². The summed E-state index contributed by atoms with van der Waals surface area (Å²) in [5, 5.41) is 3.00. The molecule has 144 valence electrons. The highest BCUT2D eigenvalue weighted by atomic mass is 16.5. The number of benzene rings is 2. The van der Waals surface area contributed by atoms with Crippen LogP contribution in [0.25, 0.3) is 0 Å². The second kappa shape index (κ2) is 9.83. The molecule has 0 atom stereocenters. The fraction of sp³-hybridized carbons (Fsp3) is 0.381. The summed E-state index contributed by atoms with van der Waals surface area (Å²) in [6.07, 6.45) is 0.282. The lowest BCUT2D eigenvalue weighted by molar-refractivity contribution is -0.116. The van der Waals surface area contributed by atoms with Crippen LogP contribution in [0, 0.1) is 0 Å². The van der Waals surface area contributed by atoms with Gasteiger partial charge in [-0.05, 0) is 43.3 Å². The van der Waals surface area contributed by atoms with Crippen molar-refractivity contribution in [2.45, 2.75) is 13.3 Å². The molecule has 6 heteroatoms. The average Bonchev–Trinajstić information content (AvgIpc) is 2.71. The van der Waals surface area contributed by atoms with Gasteiger partial charge in [0.2, 0.25) is 5.91 Å². The van der Waals surface area contributed by atoms with E-state index < -0.39 is 0 Å². The van der Waals surface area contributed by atoms with Crippen LogP contribution in [0.1, 0.15) is 13.3 Å². The second-order valence-corrected chi connectivity index (χ2v) is 6.17. The Bertz CT molecular complexity index is 727. The summed E-state index contributed by atoms with van der Waals surface area (Å²) in [6, 6.07) is 15.3. The molecule has 0 aromatic heterocycles. The zero-order valence-electron chi connectivity index (χ0n) is 15.6. The summed E-state index contributed by atoms with van der Waals surface area (Å²) >= 11 is 0. The van der Waals surface area contributed by atoms with Gasteiger partial charge in [-0.25, -0.2) is 0 Å². The lowest BCUT2D eigenvalue weighted by Gasteiger charge is -2.30. The summed E-state index contributed by atoms with van der Waals surface area (Å²) in [7, 11) is 0. The number of para-hydroxylation sites is 2. The Morgan fingerprint density at radius 3 is 2.41 bits per heavy atom. The maximum absolute atomic E-state index is 12.3. The number of nitrogens with one attached hydrogen (secondary N) is 1. The van der Waals surface area contributed by atoms with Crippen molar-refractivity contribution in [3.63, 3.8) is 0 Å². The molecule has 0 aliphatic carbocycles. The quantitative estimate of drug-likeness (QED) is 0.772. The van der Waals surface area contributed by atoms with Gasteiger partial charge < -0.3 is 24.4 Å². The number of rotatable bonds is 8. The highest BCUT2D eigenvalue weighted by molar-refractivity contribution is 5.94. The molecule has 1 aliphatic rings. The second-order valence-electron chi connectivity index (χ2n) is 6.17. The fourth-order valence-corrected chi connectivity index (χ4v) is 2.93. The van der Waals surface area contributed by atoms with E-state index in [1.54, 1.807) is 0 Å². The summed E-state index contributed by atoms with van der Waals surface area (Å²) < 4.78 is 16.5. The number of carbonyl (C=O) groups is 1. The summed E-state index contributed by atoms with van der Waals surface area (Å²) in [5.74, 6) is 1.46. The molecule has 0 spiro atoms. The van der Waals surface area contributed by atoms with Gasteiger partial charge in [0, 0.05) is 13.1 Å². The third-order valence-corrected chi connectivity index (χ3v) is 4.26. The number of nitrogens with zero attached hydrogens (tertiary/aromatic N) is 1. The van der Waals surface area contributed by atoms with Crippen molar-refractivity contribution in [3.8, 4) is 11.5 Å². The molecule has 1 N–H and O–H groups in total. The minimum absolute atomic E-state index is 0.0679. The number of anilines is 2. The molecule has 1 saturated heterocycles. The summed E-state index contributed by atoms with van der Waals surface area (Å²) in [6.45, 7) is 5.96. The van der Waals surface area contributed by atoms with Gasteiger partial charge in [0.05, 0.1) is 44.2 Å². The fourth-order valence-electron chi connectivity index (χ4n) is 2.93. The molecule has 6 nitrogen and oxygen atoms in total. The van der Waals surface area contributed by atoms with Gasteiger partial charge in [-0.3, -0.25) is 4.79 Å². The zero-order valence-corrected chi connectivity index (χ0v) is 15.6. The van der Waals surface area contributed by atoms with Crippen LogP contribution in [0.2, 0.25) is 0 Å². The highest BCUT2D eigenvalue weighted by Crippen LogP contribution is 2.26. The van der Waals surface area contributed by atoms with Crippen molar-refractivity contribution in [1.82, 2.24) is 0 Å². The van der Waals surface area contributed by atoms with E-state index in [1.807, 2.05) is 55.5 Å². The van der Waals surface area contributed by atoms with Crippen LogP contribution in [0.15, 0.2) is 48.5 Å². The predicted octanol–water partition coefficient (Wildman–Crippen LogP) is 3.33. The Labute approximate surface area is 160 Å². The molecule has 1 amide bonds. The van der Waals surface area contributed by atoms with E-state index in [1.165, 1.54) is 0 Å². The number of hydrogen-bond donors (Lipinski definition) is 1. The van der Waals surface area contributed by atoms with E-state index in [-0.39, 0.29) is 12.3 Å². The normalized spacial score (nSPS) is 13.9. The lowest BCUT2D eigenvalue weighted by atomic mass is 10.2. The molecule has 2 aromatic carbocycles. The molecule has 0 radical (unpaired) electrons. The Morgan fingerprint density at radius 1 is 1.04 bits per heavy atom. The van der Waals surface area contributed by atoms with E-state index in [9.17, 15) is 4.79 Å². The van der Waals surface area contributed by atoms with Crippen LogP contribution in [-0.2, 0) is 9.53 Å². The van der Waals surface area contributed by atoms with E-state index >= 15 is 0 Å². The van der Waals surface area contributed by atoms with Gasteiger partial charge in [-0.15, -0.1) is 0 Å². The molecule has 27 heavy (non-hydrogen) atoms. The smallest absolute Gasteiger partial charge is 0.227 e. The summed E-state index contributed by atoms with van der Waals surface area (Å²) in [5.41, 5.74) is 1.85. The van der Waals surface area contributed by atoms with Gasteiger partial charge in [0.25, 0.3) is 0 Å². The van der Waals surface area contributed by atoms with Gasteiger partial charge in [-0.1, -0.05) is 12.1 Å². The molecule has 0 bridgehead atoms. The number of carbonyl (C=O) groups excluding carboxylic acids is 1. The molecular weight excluding hydrogens is 344 g/mol. The number of morpholine rings is 1. The van der Waals surface area contributed by atoms with Crippen molar-refractivity contribution in [1.29, 1.82) is 0 Å². The van der Waals surface area contributed by atoms with Crippen LogP contribution in [0.3, 0.4) is 0 Å². The molecule has 0 saturated carbocycles. The van der Waals surface area contributed by atoms with Crippen molar-refractivity contribution < 1.29 is 19.0 Å². The molecule has 2 aromatic rings. The molecule has 0 unspecified atom stereocenters. The summed E-state index contributed by atoms with van der Waals surface area (Å²) in [4.78, 5) is 14.6. The van der Waals surface area contributed by atoms with Crippen LogP contribution in [0.5, 0.6) is 11.5 Å². The first-order valence-corrected chi connectivity index (χ1v) is 9.33. The van der Waals surface area contributed by atoms with Gasteiger partial charge in [-0.2, -0.15) is 0 Å². The van der Waals surface area contributed by atoms with E-state index in [4.69, 9.17) is 14.2 Å². The Morgan fingerprint density at radius 2 is 1.70 bits per heavy atom. The standard InChI is InChI=1S/C21H26N2O4/c1-2-26-17-7-9-18(10-8-17)27-14-11-21(24)22-19-5-3-4-6-20(19)23-12-15-25-16-13-23/h3-10H,2,11-16H2,1H3,(H,22,24). The van der Waals surface area contributed by atoms with Crippen LogP contribution in [0.4, 0.5) is 11.4 Å². The van der Waals surface area contributed by atoms with Crippen molar-refractivity contribution in [3.05, 3.63) is 48.5 Å². The predicted molar refractivity (Wildman–Crippen MR) is 106 cm³/mol. The Kier molecular flexibility index (Phi) is 6.93. The lowest BCUT2D eigenvalue weighted by Crippen LogP contribution is -2.36. The Balaban J connectivity index is 1.49. The minimum Gasteiger partial charge on any atom is -0.494 e. The SMILES string of the molecule is CCOc1ccc(OCCC(=O)Nc2ccccc2N2CCOCC2)cc1. The molecular formula is C21H26N2O4. The van der Waals surface area contributed by atoms with Crippen molar-refractivity contribution >= 4 is 17.3 Å². The first kappa shape index (κ1) is 19.0. The van der Waals surface area contributed by atoms with E-state index in [2.05, 4.69) is 10.2 Å². The van der Waals surface area contributed by atoms with Crippen molar-refractivity contribution in [2.75, 3.05) is 49.7 Å². The maximum Gasteiger partial charge on any atom is 0.227 e. The molecule has 1 aliphatic heterocycles. The first-order chi connectivity index (χ1) is 13.3. The third-order valence-electron chi connectivity index (χ3n) is 4.26. The largest absolute Gasteiger partial charge is 0.494 e.